The van der Waals surface area contributed by atoms with E-state index in [1.54, 1.807) is 90.1 Å². The van der Waals surface area contributed by atoms with Crippen LogP contribution in [-0.4, -0.2) is 59.3 Å². The van der Waals surface area contributed by atoms with Gasteiger partial charge in [-0.2, -0.15) is 0 Å². The fraction of sp³-hybridized carbons (Fsp3) is 0.471. The lowest BCUT2D eigenvalue weighted by molar-refractivity contribution is -0.163. The molecule has 2 atom stereocenters. The Morgan fingerprint density at radius 2 is 0.915 bits per heavy atom. The molecule has 13 heteroatoms. The first-order chi connectivity index (χ1) is 22.0. The molecule has 2 amide bonds. The van der Waals surface area contributed by atoms with E-state index in [2.05, 4.69) is 10.6 Å². The van der Waals surface area contributed by atoms with Gasteiger partial charge >= 0.3 is 36.1 Å². The molecular weight excluding hydrogens is 612 g/mol. The molecule has 2 aromatic carbocycles. The van der Waals surface area contributed by atoms with E-state index in [4.69, 9.17) is 23.7 Å². The summed E-state index contributed by atoms with van der Waals surface area (Å²) in [5.41, 5.74) is -0.329. The minimum atomic E-state index is -1.50. The summed E-state index contributed by atoms with van der Waals surface area (Å²) in [7, 11) is 0. The smallest absolute Gasteiger partial charge is 0.408 e. The maximum atomic E-state index is 13.2. The van der Waals surface area contributed by atoms with Crippen molar-refractivity contribution in [1.29, 1.82) is 0 Å². The van der Waals surface area contributed by atoms with Crippen molar-refractivity contribution >= 4 is 36.1 Å². The quantitative estimate of drug-likeness (QED) is 0.161. The zero-order valence-electron chi connectivity index (χ0n) is 27.7. The lowest BCUT2D eigenvalue weighted by Gasteiger charge is -2.24. The van der Waals surface area contributed by atoms with Crippen LogP contribution in [0.15, 0.2) is 60.7 Å². The van der Waals surface area contributed by atoms with E-state index in [1.165, 1.54) is 0 Å². The van der Waals surface area contributed by atoms with Gasteiger partial charge in [0.15, 0.2) is 0 Å². The Balaban J connectivity index is 2.10. The van der Waals surface area contributed by atoms with Gasteiger partial charge in [-0.05, 0) is 65.5 Å². The average molecular weight is 657 g/mol. The van der Waals surface area contributed by atoms with Crippen LogP contribution in [0.5, 0.6) is 0 Å². The Hall–Kier alpha value is -4.94. The van der Waals surface area contributed by atoms with E-state index in [1.807, 2.05) is 12.1 Å². The van der Waals surface area contributed by atoms with E-state index in [0.29, 0.717) is 0 Å². The zero-order valence-corrected chi connectivity index (χ0v) is 27.7. The number of hydrogen-bond acceptors (Lipinski definition) is 11. The van der Waals surface area contributed by atoms with Crippen LogP contribution in [0.25, 0.3) is 0 Å². The van der Waals surface area contributed by atoms with E-state index >= 15 is 0 Å². The van der Waals surface area contributed by atoms with Crippen LogP contribution < -0.4 is 10.6 Å². The monoisotopic (exact) mass is 656 g/mol. The van der Waals surface area contributed by atoms with Crippen molar-refractivity contribution in [2.24, 2.45) is 0 Å². The lowest BCUT2D eigenvalue weighted by atomic mass is 10.1. The normalized spacial score (nSPS) is 12.5. The molecule has 0 saturated heterocycles. The molecule has 2 aromatic rings. The van der Waals surface area contributed by atoms with Gasteiger partial charge in [0.1, 0.15) is 36.5 Å². The number of amides is 2. The summed E-state index contributed by atoms with van der Waals surface area (Å²) < 4.78 is 26.0. The van der Waals surface area contributed by atoms with E-state index in [9.17, 15) is 28.8 Å². The van der Waals surface area contributed by atoms with Crippen LogP contribution in [0.3, 0.4) is 0 Å². The maximum Gasteiger partial charge on any atom is 0.408 e. The molecule has 0 bridgehead atoms. The number of rotatable bonds is 14. The fourth-order valence-electron chi connectivity index (χ4n) is 3.78. The highest BCUT2D eigenvalue weighted by Crippen LogP contribution is 2.13. The number of esters is 4. The molecule has 2 N–H and O–H groups in total. The Morgan fingerprint density at radius 3 is 1.23 bits per heavy atom. The van der Waals surface area contributed by atoms with Crippen molar-refractivity contribution in [1.82, 2.24) is 10.6 Å². The molecule has 0 aliphatic heterocycles. The third kappa shape index (κ3) is 16.8. The van der Waals surface area contributed by atoms with Gasteiger partial charge in [-0.1, -0.05) is 60.7 Å². The Labute approximate surface area is 274 Å². The number of hydrogen-bond donors (Lipinski definition) is 2. The van der Waals surface area contributed by atoms with Crippen molar-refractivity contribution < 1.29 is 52.5 Å². The van der Waals surface area contributed by atoms with E-state index in [-0.39, 0.29) is 38.9 Å². The van der Waals surface area contributed by atoms with Crippen LogP contribution in [-0.2, 0) is 56.1 Å². The molecule has 256 valence electrons. The number of alkyl carbamates (subject to hydrolysis) is 2. The van der Waals surface area contributed by atoms with Gasteiger partial charge in [-0.15, -0.1) is 0 Å². The highest BCUT2D eigenvalue weighted by atomic mass is 16.6. The summed E-state index contributed by atoms with van der Waals surface area (Å²) in [6.07, 6.45) is -3.21. The number of ether oxygens (including phenoxy) is 5. The van der Waals surface area contributed by atoms with Gasteiger partial charge in [0.2, 0.25) is 0 Å². The molecule has 0 aromatic heterocycles. The van der Waals surface area contributed by atoms with E-state index in [0.717, 1.165) is 11.1 Å². The summed E-state index contributed by atoms with van der Waals surface area (Å²) in [5.74, 6) is -3.77. The summed E-state index contributed by atoms with van der Waals surface area (Å²) in [4.78, 5) is 76.2. The van der Waals surface area contributed by atoms with Crippen molar-refractivity contribution in [3.05, 3.63) is 71.8 Å². The number of benzene rings is 2. The number of carbonyl (C=O) groups is 6. The number of carbonyl (C=O) groups excluding carboxylic acids is 6. The molecule has 0 aliphatic rings. The van der Waals surface area contributed by atoms with Crippen molar-refractivity contribution in [2.45, 2.75) is 104 Å². The molecule has 0 fully saturated rings. The predicted molar refractivity (Wildman–Crippen MR) is 168 cm³/mol. The molecular formula is C34H44N2O11. The first-order valence-corrected chi connectivity index (χ1v) is 15.1. The summed E-state index contributed by atoms with van der Waals surface area (Å²) in [5, 5.41) is 4.64. The molecule has 0 heterocycles. The van der Waals surface area contributed by atoms with Gasteiger partial charge in [-0.25, -0.2) is 19.2 Å². The topological polar surface area (TPSA) is 173 Å². The second kappa shape index (κ2) is 18.3. The molecule has 0 aliphatic carbocycles. The lowest BCUT2D eigenvalue weighted by Crippen LogP contribution is -2.48. The third-order valence-electron chi connectivity index (χ3n) is 5.91. The third-order valence-corrected chi connectivity index (χ3v) is 5.91. The second-order valence-electron chi connectivity index (χ2n) is 12.5. The van der Waals surface area contributed by atoms with E-state index < -0.39 is 59.3 Å². The number of nitrogens with one attached hydrogen (secondary N) is 2. The van der Waals surface area contributed by atoms with Crippen LogP contribution in [0.4, 0.5) is 9.59 Å². The fourth-order valence-corrected chi connectivity index (χ4v) is 3.78. The molecule has 2 rings (SSSR count). The Morgan fingerprint density at radius 1 is 0.574 bits per heavy atom. The van der Waals surface area contributed by atoms with Crippen molar-refractivity contribution in [2.75, 3.05) is 0 Å². The van der Waals surface area contributed by atoms with Crippen LogP contribution in [0, 0.1) is 0 Å². The highest BCUT2D eigenvalue weighted by molar-refractivity contribution is 5.94. The molecule has 0 unspecified atom stereocenters. The SMILES string of the molecule is CC(C)(C)OC(=O)N[C@@H](CCC(=O)OCc1ccccc1)C(=O)OC(=O)[C@H](CCC(=O)OCc1ccccc1)NC(=O)OC(C)(C)C. The van der Waals surface area contributed by atoms with Crippen LogP contribution >= 0.6 is 0 Å². The van der Waals surface area contributed by atoms with Gasteiger partial charge < -0.3 is 34.3 Å². The molecule has 0 spiro atoms. The van der Waals surface area contributed by atoms with Gasteiger partial charge in [0.05, 0.1) is 0 Å². The van der Waals surface area contributed by atoms with Gasteiger partial charge in [-0.3, -0.25) is 9.59 Å². The van der Waals surface area contributed by atoms with Gasteiger partial charge in [0.25, 0.3) is 0 Å². The summed E-state index contributed by atoms with van der Waals surface area (Å²) in [6.45, 7) is 9.68. The summed E-state index contributed by atoms with van der Waals surface area (Å²) >= 11 is 0. The minimum absolute atomic E-state index is 0.00142. The van der Waals surface area contributed by atoms with Crippen molar-refractivity contribution in [3.63, 3.8) is 0 Å². The minimum Gasteiger partial charge on any atom is -0.461 e. The summed E-state index contributed by atoms with van der Waals surface area (Å²) in [6, 6.07) is 14.9. The second-order valence-corrected chi connectivity index (χ2v) is 12.5. The molecule has 0 radical (unpaired) electrons. The van der Waals surface area contributed by atoms with Gasteiger partial charge in [0, 0.05) is 12.8 Å². The highest BCUT2D eigenvalue weighted by Gasteiger charge is 2.32. The first kappa shape index (κ1) is 38.2. The molecule has 13 nitrogen and oxygen atoms in total. The first-order valence-electron chi connectivity index (χ1n) is 15.1. The maximum absolute atomic E-state index is 13.2. The largest absolute Gasteiger partial charge is 0.461 e. The Kier molecular flexibility index (Phi) is 14.9. The Bertz CT molecular complexity index is 1250. The average Bonchev–Trinajstić information content (AvgIpc) is 2.98. The van der Waals surface area contributed by atoms with Crippen LogP contribution in [0.1, 0.15) is 78.4 Å². The molecule has 47 heavy (non-hydrogen) atoms. The van der Waals surface area contributed by atoms with Crippen LogP contribution in [0.2, 0.25) is 0 Å². The zero-order chi connectivity index (χ0) is 35.0. The molecule has 0 saturated carbocycles. The van der Waals surface area contributed by atoms with Crippen molar-refractivity contribution in [3.8, 4) is 0 Å². The predicted octanol–water partition coefficient (Wildman–Crippen LogP) is 4.89. The standard InChI is InChI=1S/C34H44N2O11/c1-33(2,3)46-31(41)35-25(17-19-27(37)43-21-23-13-9-7-10-14-23)29(39)45-30(40)26(36-32(42)47-34(4,5)6)18-20-28(38)44-22-24-15-11-8-12-16-24/h7-16,25-26H,17-22H2,1-6H3,(H,35,41)(H,36,42)/t25-,26-/m0/s1.